The molecule has 0 unspecified atom stereocenters. The number of unbranched alkanes of at least 4 members (excludes halogenated alkanes) is 2. The van der Waals surface area contributed by atoms with Crippen molar-refractivity contribution in [3.63, 3.8) is 0 Å². The Morgan fingerprint density at radius 1 is 1.26 bits per heavy atom. The van der Waals surface area contributed by atoms with Crippen molar-refractivity contribution in [3.05, 3.63) is 29.6 Å². The largest absolute Gasteiger partial charge is 0.491 e. The maximum absolute atomic E-state index is 13.7. The highest BCUT2D eigenvalue weighted by atomic mass is 32.2. The Kier molecular flexibility index (Phi) is 10.3. The van der Waals surface area contributed by atoms with Crippen LogP contribution < -0.4 is 15.2 Å². The van der Waals surface area contributed by atoms with Crippen molar-refractivity contribution in [2.45, 2.75) is 45.6 Å². The molecule has 7 nitrogen and oxygen atoms in total. The Labute approximate surface area is 160 Å². The fraction of sp³-hybridized carbons (Fsp3) is 0.611. The van der Waals surface area contributed by atoms with Gasteiger partial charge in [-0.2, -0.15) is 0 Å². The van der Waals surface area contributed by atoms with Gasteiger partial charge in [-0.3, -0.25) is 4.79 Å². The lowest BCUT2D eigenvalue weighted by Gasteiger charge is -2.16. The minimum atomic E-state index is -3.49. The maximum atomic E-state index is 13.7. The quantitative estimate of drug-likeness (QED) is 0.386. The van der Waals surface area contributed by atoms with Gasteiger partial charge in [0.25, 0.3) is 0 Å². The Bertz CT molecular complexity index is 697. The van der Waals surface area contributed by atoms with Gasteiger partial charge in [-0.15, -0.1) is 0 Å². The average Bonchev–Trinajstić information content (AvgIpc) is 2.63. The lowest BCUT2D eigenvalue weighted by Crippen LogP contribution is -2.29. The first-order chi connectivity index (χ1) is 12.8. The lowest BCUT2D eigenvalue weighted by molar-refractivity contribution is -0.142. The van der Waals surface area contributed by atoms with Crippen LogP contribution in [0.1, 0.15) is 51.1 Å². The third-order valence-electron chi connectivity index (χ3n) is 3.76. The van der Waals surface area contributed by atoms with Crippen LogP contribution in [0.25, 0.3) is 0 Å². The Balaban J connectivity index is 2.47. The summed E-state index contributed by atoms with van der Waals surface area (Å²) in [5, 5.41) is 0. The number of nitrogens with one attached hydrogen (secondary N) is 1. The second-order valence-electron chi connectivity index (χ2n) is 6.18. The summed E-state index contributed by atoms with van der Waals surface area (Å²) in [6.07, 6.45) is 2.37. The molecule has 0 radical (unpaired) electrons. The molecule has 0 saturated heterocycles. The Morgan fingerprint density at radius 3 is 2.67 bits per heavy atom. The number of ether oxygens (including phenoxy) is 2. The van der Waals surface area contributed by atoms with Gasteiger partial charge in [-0.05, 0) is 50.3 Å². The molecule has 0 amide bonds. The number of carbonyl (C=O) groups is 1. The van der Waals surface area contributed by atoms with Crippen molar-refractivity contribution < 1.29 is 27.1 Å². The van der Waals surface area contributed by atoms with Gasteiger partial charge in [0, 0.05) is 6.04 Å². The van der Waals surface area contributed by atoms with E-state index in [2.05, 4.69) is 4.72 Å². The molecule has 3 N–H and O–H groups in total. The molecule has 9 heteroatoms. The lowest BCUT2D eigenvalue weighted by atomic mass is 10.1. The molecule has 0 aliphatic heterocycles. The molecule has 27 heavy (non-hydrogen) atoms. The molecule has 1 rings (SSSR count). The third kappa shape index (κ3) is 9.16. The molecule has 1 aromatic rings. The topological polar surface area (TPSA) is 108 Å². The summed E-state index contributed by atoms with van der Waals surface area (Å²) in [7, 11) is -3.49. The molecule has 0 aliphatic rings. The summed E-state index contributed by atoms with van der Waals surface area (Å²) in [6.45, 7) is 4.07. The molecule has 1 aromatic carbocycles. The first-order valence-corrected chi connectivity index (χ1v) is 10.7. The molecular weight excluding hydrogens is 375 g/mol. The predicted molar refractivity (Wildman–Crippen MR) is 101 cm³/mol. The van der Waals surface area contributed by atoms with E-state index in [-0.39, 0.29) is 24.7 Å². The van der Waals surface area contributed by atoms with Crippen molar-refractivity contribution >= 4 is 16.0 Å². The highest BCUT2D eigenvalue weighted by Crippen LogP contribution is 2.23. The van der Waals surface area contributed by atoms with E-state index in [1.165, 1.54) is 18.2 Å². The van der Waals surface area contributed by atoms with Crippen LogP contribution in [0.4, 0.5) is 4.39 Å². The van der Waals surface area contributed by atoms with Crippen molar-refractivity contribution in [2.75, 3.05) is 25.5 Å². The van der Waals surface area contributed by atoms with Gasteiger partial charge in [-0.1, -0.05) is 13.0 Å². The summed E-state index contributed by atoms with van der Waals surface area (Å²) in [4.78, 5) is 10.9. The minimum Gasteiger partial charge on any atom is -0.491 e. The maximum Gasteiger partial charge on any atom is 0.319 e. The van der Waals surface area contributed by atoms with E-state index in [1.54, 1.807) is 6.92 Å². The van der Waals surface area contributed by atoms with Crippen LogP contribution in [0.5, 0.6) is 5.75 Å². The van der Waals surface area contributed by atoms with Crippen LogP contribution >= 0.6 is 0 Å². The number of carbonyl (C=O) groups excluding carboxylic acids is 1. The fourth-order valence-electron chi connectivity index (χ4n) is 2.32. The molecule has 0 heterocycles. The summed E-state index contributed by atoms with van der Waals surface area (Å²) >= 11 is 0. The van der Waals surface area contributed by atoms with Gasteiger partial charge >= 0.3 is 5.97 Å². The highest BCUT2D eigenvalue weighted by molar-refractivity contribution is 7.89. The number of sulfonamides is 1. The van der Waals surface area contributed by atoms with E-state index >= 15 is 0 Å². The number of benzene rings is 1. The molecule has 0 bridgehead atoms. The standard InChI is InChI=1S/C18H29FN2O5S/c1-3-9-25-17-12-15(7-8-16(17)19)14(2)21-27(23,24)11-6-4-5-10-26-18(22)13-20/h7-8,12,14,21H,3-6,9-11,13,20H2,1-2H3/t14-/m0/s1. The smallest absolute Gasteiger partial charge is 0.319 e. The Hall–Kier alpha value is -1.71. The van der Waals surface area contributed by atoms with Crippen LogP contribution in [0.3, 0.4) is 0 Å². The number of hydrogen-bond acceptors (Lipinski definition) is 6. The normalized spacial score (nSPS) is 12.6. The molecule has 0 fully saturated rings. The van der Waals surface area contributed by atoms with Crippen LogP contribution in [-0.4, -0.2) is 39.9 Å². The number of hydrogen-bond donors (Lipinski definition) is 2. The van der Waals surface area contributed by atoms with Crippen LogP contribution in [-0.2, 0) is 19.6 Å². The van der Waals surface area contributed by atoms with E-state index in [0.717, 1.165) is 6.42 Å². The van der Waals surface area contributed by atoms with Crippen molar-refractivity contribution in [1.82, 2.24) is 4.72 Å². The number of halogens is 1. The van der Waals surface area contributed by atoms with E-state index in [0.29, 0.717) is 31.4 Å². The predicted octanol–water partition coefficient (Wildman–Crippen LogP) is 2.27. The molecule has 154 valence electrons. The van der Waals surface area contributed by atoms with Gasteiger partial charge in [0.15, 0.2) is 11.6 Å². The van der Waals surface area contributed by atoms with Crippen molar-refractivity contribution in [2.24, 2.45) is 5.73 Å². The van der Waals surface area contributed by atoms with E-state index in [1.807, 2.05) is 6.92 Å². The molecule has 0 saturated carbocycles. The Morgan fingerprint density at radius 2 is 2.00 bits per heavy atom. The third-order valence-corrected chi connectivity index (χ3v) is 5.30. The second-order valence-corrected chi connectivity index (χ2v) is 8.06. The van der Waals surface area contributed by atoms with E-state index < -0.39 is 27.9 Å². The van der Waals surface area contributed by atoms with E-state index in [4.69, 9.17) is 15.2 Å². The second kappa shape index (κ2) is 11.9. The van der Waals surface area contributed by atoms with Gasteiger partial charge in [0.05, 0.1) is 25.5 Å². The fourth-order valence-corrected chi connectivity index (χ4v) is 3.70. The van der Waals surface area contributed by atoms with Gasteiger partial charge in [0.1, 0.15) is 0 Å². The molecular formula is C18H29FN2O5S. The number of nitrogens with two attached hydrogens (primary N) is 1. The minimum absolute atomic E-state index is 0.0391. The van der Waals surface area contributed by atoms with Gasteiger partial charge in [-0.25, -0.2) is 17.5 Å². The molecule has 0 aliphatic carbocycles. The molecule has 1 atom stereocenters. The zero-order chi connectivity index (χ0) is 20.3. The van der Waals surface area contributed by atoms with Crippen LogP contribution in [0.15, 0.2) is 18.2 Å². The monoisotopic (exact) mass is 404 g/mol. The SMILES string of the molecule is CCCOc1cc([C@H](C)NS(=O)(=O)CCCCCOC(=O)CN)ccc1F. The first kappa shape index (κ1) is 23.3. The first-order valence-electron chi connectivity index (χ1n) is 9.07. The molecule has 0 spiro atoms. The summed E-state index contributed by atoms with van der Waals surface area (Å²) in [6, 6.07) is 3.82. The summed E-state index contributed by atoms with van der Waals surface area (Å²) in [5.74, 6) is -0.868. The average molecular weight is 405 g/mol. The summed E-state index contributed by atoms with van der Waals surface area (Å²) < 4.78 is 50.9. The van der Waals surface area contributed by atoms with Crippen LogP contribution in [0, 0.1) is 5.82 Å². The summed E-state index contributed by atoms with van der Waals surface area (Å²) in [5.41, 5.74) is 5.74. The van der Waals surface area contributed by atoms with Crippen LogP contribution in [0.2, 0.25) is 0 Å². The van der Waals surface area contributed by atoms with E-state index in [9.17, 15) is 17.6 Å². The van der Waals surface area contributed by atoms with Crippen molar-refractivity contribution in [1.29, 1.82) is 0 Å². The number of esters is 1. The molecule has 0 aromatic heterocycles. The zero-order valence-electron chi connectivity index (χ0n) is 15.9. The van der Waals surface area contributed by atoms with Gasteiger partial charge in [0.2, 0.25) is 10.0 Å². The zero-order valence-corrected chi connectivity index (χ0v) is 16.7. The van der Waals surface area contributed by atoms with Gasteiger partial charge < -0.3 is 15.2 Å². The highest BCUT2D eigenvalue weighted by Gasteiger charge is 2.17. The number of rotatable bonds is 13. The van der Waals surface area contributed by atoms with Crippen molar-refractivity contribution in [3.8, 4) is 5.75 Å².